The number of nitrogens with zero attached hydrogens (tertiary/aromatic N) is 1. The van der Waals surface area contributed by atoms with Gasteiger partial charge in [0.2, 0.25) is 0 Å². The molecule has 0 saturated heterocycles. The Labute approximate surface area is 192 Å². The molecule has 0 spiro atoms. The van der Waals surface area contributed by atoms with Gasteiger partial charge in [0.1, 0.15) is 5.69 Å². The molecule has 4 aromatic rings. The van der Waals surface area contributed by atoms with Crippen LogP contribution in [0.15, 0.2) is 82.6 Å². The summed E-state index contributed by atoms with van der Waals surface area (Å²) >= 11 is 19.5. The zero-order chi connectivity index (χ0) is 21.1. The van der Waals surface area contributed by atoms with Gasteiger partial charge < -0.3 is 5.32 Å². The number of carbonyl (C=O) groups excluding carboxylic acids is 1. The van der Waals surface area contributed by atoms with E-state index in [1.807, 2.05) is 48.5 Å². The summed E-state index contributed by atoms with van der Waals surface area (Å²) in [6, 6.07) is 22.0. The number of H-pyrrole nitrogens is 1. The lowest BCUT2D eigenvalue weighted by atomic mass is 10.1. The smallest absolute Gasteiger partial charge is 0.273 e. The minimum Gasteiger partial charge on any atom is -0.320 e. The molecular weight excluding hydrogens is 461 g/mol. The van der Waals surface area contributed by atoms with Crippen molar-refractivity contribution < 1.29 is 4.79 Å². The van der Waals surface area contributed by atoms with Crippen LogP contribution in [-0.2, 0) is 0 Å². The number of anilines is 1. The molecule has 1 aromatic heterocycles. The summed E-state index contributed by atoms with van der Waals surface area (Å²) in [7, 11) is 0. The van der Waals surface area contributed by atoms with Crippen molar-refractivity contribution in [1.29, 1.82) is 0 Å². The molecule has 4 nitrogen and oxygen atoms in total. The summed E-state index contributed by atoms with van der Waals surface area (Å²) in [6.45, 7) is 0. The van der Waals surface area contributed by atoms with Gasteiger partial charge in [0.25, 0.3) is 5.91 Å². The number of para-hydroxylation sites is 1. The Morgan fingerprint density at radius 2 is 1.67 bits per heavy atom. The molecule has 0 unspecified atom stereocenters. The zero-order valence-electron chi connectivity index (χ0n) is 15.3. The van der Waals surface area contributed by atoms with Crippen molar-refractivity contribution in [3.05, 3.63) is 93.6 Å². The molecular formula is C22H14Cl3N3OS. The van der Waals surface area contributed by atoms with Crippen LogP contribution in [0.1, 0.15) is 10.5 Å². The van der Waals surface area contributed by atoms with Crippen LogP contribution in [0.2, 0.25) is 15.1 Å². The molecule has 0 aliphatic rings. The second-order valence-electron chi connectivity index (χ2n) is 6.30. The van der Waals surface area contributed by atoms with E-state index in [4.69, 9.17) is 34.8 Å². The number of nitrogens with one attached hydrogen (secondary N) is 2. The molecule has 0 bridgehead atoms. The maximum atomic E-state index is 12.8. The van der Waals surface area contributed by atoms with Gasteiger partial charge in [-0.2, -0.15) is 5.10 Å². The van der Waals surface area contributed by atoms with E-state index in [9.17, 15) is 4.79 Å². The quantitative estimate of drug-likeness (QED) is 0.316. The van der Waals surface area contributed by atoms with Gasteiger partial charge in [0.15, 0.2) is 0 Å². The second-order valence-corrected chi connectivity index (χ2v) is 8.67. The molecule has 0 aliphatic carbocycles. The van der Waals surface area contributed by atoms with E-state index in [2.05, 4.69) is 15.5 Å². The SMILES string of the molecule is O=C(Nc1ccccc1Sc1ccc(Cl)cc1)c1cc(-c2ccc(Cl)c(Cl)c2)n[nH]1. The molecule has 2 N–H and O–H groups in total. The highest BCUT2D eigenvalue weighted by atomic mass is 35.5. The van der Waals surface area contributed by atoms with Crippen LogP contribution >= 0.6 is 46.6 Å². The highest BCUT2D eigenvalue weighted by Gasteiger charge is 2.14. The van der Waals surface area contributed by atoms with Gasteiger partial charge in [-0.05, 0) is 54.6 Å². The maximum Gasteiger partial charge on any atom is 0.273 e. The number of amides is 1. The lowest BCUT2D eigenvalue weighted by Gasteiger charge is -2.10. The number of aromatic amines is 1. The predicted octanol–water partition coefficient (Wildman–Crippen LogP) is 7.44. The molecule has 0 saturated carbocycles. The average molecular weight is 475 g/mol. The largest absolute Gasteiger partial charge is 0.320 e. The van der Waals surface area contributed by atoms with Crippen LogP contribution in [0, 0.1) is 0 Å². The van der Waals surface area contributed by atoms with Crippen molar-refractivity contribution in [1.82, 2.24) is 10.2 Å². The third-order valence-electron chi connectivity index (χ3n) is 4.21. The first-order valence-corrected chi connectivity index (χ1v) is 10.8. The number of hydrogen-bond donors (Lipinski definition) is 2. The van der Waals surface area contributed by atoms with Crippen LogP contribution in [-0.4, -0.2) is 16.1 Å². The number of carbonyl (C=O) groups is 1. The summed E-state index contributed by atoms with van der Waals surface area (Å²) in [6.07, 6.45) is 0. The first-order chi connectivity index (χ1) is 14.5. The third-order valence-corrected chi connectivity index (χ3v) is 6.29. The summed E-state index contributed by atoms with van der Waals surface area (Å²) in [5.74, 6) is -0.294. The van der Waals surface area contributed by atoms with Crippen molar-refractivity contribution in [2.75, 3.05) is 5.32 Å². The van der Waals surface area contributed by atoms with Gasteiger partial charge in [-0.15, -0.1) is 0 Å². The fourth-order valence-corrected chi connectivity index (χ4v) is 4.05. The Morgan fingerprint density at radius 3 is 2.43 bits per heavy atom. The molecule has 0 fully saturated rings. The van der Waals surface area contributed by atoms with E-state index in [-0.39, 0.29) is 5.91 Å². The van der Waals surface area contributed by atoms with Gasteiger partial charge in [-0.1, -0.05) is 64.8 Å². The van der Waals surface area contributed by atoms with Gasteiger partial charge in [0, 0.05) is 20.4 Å². The molecule has 4 rings (SSSR count). The summed E-state index contributed by atoms with van der Waals surface area (Å²) in [5, 5.41) is 11.5. The summed E-state index contributed by atoms with van der Waals surface area (Å²) in [4.78, 5) is 14.7. The van der Waals surface area contributed by atoms with E-state index in [1.54, 1.807) is 24.3 Å². The molecule has 150 valence electrons. The van der Waals surface area contributed by atoms with E-state index < -0.39 is 0 Å². The number of halogens is 3. The molecule has 0 aliphatic heterocycles. The van der Waals surface area contributed by atoms with Crippen molar-refractivity contribution in [3.8, 4) is 11.3 Å². The average Bonchev–Trinajstić information content (AvgIpc) is 3.23. The minimum atomic E-state index is -0.294. The first kappa shape index (κ1) is 20.8. The molecule has 0 atom stereocenters. The fourth-order valence-electron chi connectivity index (χ4n) is 2.72. The van der Waals surface area contributed by atoms with Crippen molar-refractivity contribution >= 4 is 58.2 Å². The summed E-state index contributed by atoms with van der Waals surface area (Å²) in [5.41, 5.74) is 2.40. The molecule has 3 aromatic carbocycles. The standard InChI is InChI=1S/C22H14Cl3N3OS/c23-14-6-8-15(9-7-14)30-21-4-2-1-3-18(21)26-22(29)20-12-19(27-28-20)13-5-10-16(24)17(25)11-13/h1-12H,(H,26,29)(H,27,28). The van der Waals surface area contributed by atoms with Crippen LogP contribution in [0.25, 0.3) is 11.3 Å². The van der Waals surface area contributed by atoms with Gasteiger partial charge in [-0.3, -0.25) is 9.89 Å². The van der Waals surface area contributed by atoms with Crippen molar-refractivity contribution in [3.63, 3.8) is 0 Å². The predicted molar refractivity (Wildman–Crippen MR) is 124 cm³/mol. The molecule has 1 amide bonds. The molecule has 0 radical (unpaired) electrons. The Kier molecular flexibility index (Phi) is 6.35. The Hall–Kier alpha value is -2.44. The molecule has 8 heteroatoms. The first-order valence-electron chi connectivity index (χ1n) is 8.84. The van der Waals surface area contributed by atoms with Crippen molar-refractivity contribution in [2.24, 2.45) is 0 Å². The van der Waals surface area contributed by atoms with Crippen molar-refractivity contribution in [2.45, 2.75) is 9.79 Å². The lowest BCUT2D eigenvalue weighted by molar-refractivity contribution is 0.102. The Balaban J connectivity index is 1.52. The lowest BCUT2D eigenvalue weighted by Crippen LogP contribution is -2.12. The monoisotopic (exact) mass is 473 g/mol. The van der Waals surface area contributed by atoms with Gasteiger partial charge in [-0.25, -0.2) is 0 Å². The minimum absolute atomic E-state index is 0.294. The second kappa shape index (κ2) is 9.14. The van der Waals surface area contributed by atoms with Crippen LogP contribution in [0.3, 0.4) is 0 Å². The molecule has 30 heavy (non-hydrogen) atoms. The normalized spacial score (nSPS) is 10.8. The third kappa shape index (κ3) is 4.82. The van der Waals surface area contributed by atoms with Gasteiger partial charge in [0.05, 0.1) is 21.4 Å². The number of aromatic nitrogens is 2. The van der Waals surface area contributed by atoms with Crippen LogP contribution < -0.4 is 5.32 Å². The van der Waals surface area contributed by atoms with Crippen LogP contribution in [0.5, 0.6) is 0 Å². The number of hydrogen-bond acceptors (Lipinski definition) is 3. The van der Waals surface area contributed by atoms with E-state index in [1.165, 1.54) is 11.8 Å². The highest BCUT2D eigenvalue weighted by molar-refractivity contribution is 7.99. The zero-order valence-corrected chi connectivity index (χ0v) is 18.4. The maximum absolute atomic E-state index is 12.8. The summed E-state index contributed by atoms with van der Waals surface area (Å²) < 4.78 is 0. The Bertz CT molecular complexity index is 1210. The fraction of sp³-hybridized carbons (Fsp3) is 0. The van der Waals surface area contributed by atoms with Crippen LogP contribution in [0.4, 0.5) is 5.69 Å². The molecule has 1 heterocycles. The Morgan fingerprint density at radius 1 is 0.900 bits per heavy atom. The van der Waals surface area contributed by atoms with Gasteiger partial charge >= 0.3 is 0 Å². The van der Waals surface area contributed by atoms with E-state index in [0.29, 0.717) is 32.1 Å². The van der Waals surface area contributed by atoms with E-state index in [0.717, 1.165) is 15.4 Å². The van der Waals surface area contributed by atoms with E-state index >= 15 is 0 Å². The number of rotatable bonds is 5. The topological polar surface area (TPSA) is 57.8 Å². The number of benzene rings is 3. The highest BCUT2D eigenvalue weighted by Crippen LogP contribution is 2.34.